The fraction of sp³-hybridized carbons (Fsp3) is 0.591. The smallest absolute Gasteiger partial charge is 0.336 e. The van der Waals surface area contributed by atoms with Crippen LogP contribution in [-0.4, -0.2) is 98.7 Å². The molecule has 0 aliphatic carbocycles. The van der Waals surface area contributed by atoms with Gasteiger partial charge in [0.2, 0.25) is 6.29 Å². The number of benzene rings is 1. The Morgan fingerprint density at radius 3 is 2.35 bits per heavy atom. The van der Waals surface area contributed by atoms with Gasteiger partial charge < -0.3 is 54.0 Å². The molecule has 0 bridgehead atoms. The van der Waals surface area contributed by atoms with Crippen molar-refractivity contribution in [1.29, 1.82) is 0 Å². The van der Waals surface area contributed by atoms with Gasteiger partial charge in [0, 0.05) is 17.5 Å². The van der Waals surface area contributed by atoms with Crippen molar-refractivity contribution in [3.8, 4) is 5.75 Å². The molecule has 0 unspecified atom stereocenters. The van der Waals surface area contributed by atoms with Gasteiger partial charge in [-0.3, -0.25) is 0 Å². The van der Waals surface area contributed by atoms with Gasteiger partial charge in [0.1, 0.15) is 54.1 Å². The third-order valence-corrected chi connectivity index (χ3v) is 6.10. The maximum atomic E-state index is 11.7. The van der Waals surface area contributed by atoms with Gasteiger partial charge in [0.05, 0.1) is 12.7 Å². The maximum absolute atomic E-state index is 11.7. The van der Waals surface area contributed by atoms with E-state index in [0.717, 1.165) is 0 Å². The lowest BCUT2D eigenvalue weighted by Crippen LogP contribution is -2.64. The lowest BCUT2D eigenvalue weighted by atomic mass is 9.97. The molecule has 2 aliphatic rings. The van der Waals surface area contributed by atoms with E-state index < -0.39 is 73.6 Å². The predicted molar refractivity (Wildman–Crippen MR) is 113 cm³/mol. The van der Waals surface area contributed by atoms with Crippen LogP contribution in [0, 0.1) is 6.92 Å². The maximum Gasteiger partial charge on any atom is 0.336 e. The van der Waals surface area contributed by atoms with Crippen molar-refractivity contribution in [2.45, 2.75) is 75.3 Å². The first-order chi connectivity index (χ1) is 16.1. The van der Waals surface area contributed by atoms with E-state index >= 15 is 0 Å². The number of rotatable bonds is 5. The molecule has 1 aromatic carbocycles. The molecule has 34 heavy (non-hydrogen) atoms. The van der Waals surface area contributed by atoms with Crippen molar-refractivity contribution in [3.05, 3.63) is 40.2 Å². The summed E-state index contributed by atoms with van der Waals surface area (Å²) < 4.78 is 27.4. The van der Waals surface area contributed by atoms with E-state index in [4.69, 9.17) is 23.4 Å². The normalized spacial score (nSPS) is 38.7. The number of hydrogen-bond acceptors (Lipinski definition) is 12. The highest BCUT2D eigenvalue weighted by atomic mass is 16.7. The Labute approximate surface area is 193 Å². The second kappa shape index (κ2) is 9.85. The predicted octanol–water partition coefficient (Wildman–Crippen LogP) is -1.87. The SMILES string of the molecule is Cc1cc(=O)oc2cc(O[C@@H]3O[C@@H](CO)[C@H](O)[C@H](O[C@@H]4O[C@@H](C)[C@@H](O)[C@H](O)[C@H]4O)[C@H]3O)ccc12. The van der Waals surface area contributed by atoms with Crippen LogP contribution in [-0.2, 0) is 14.2 Å². The van der Waals surface area contributed by atoms with Crippen LogP contribution in [0.3, 0.4) is 0 Å². The second-order valence-corrected chi connectivity index (χ2v) is 8.51. The average molecular weight is 484 g/mol. The number of hydrogen-bond donors (Lipinski definition) is 6. The highest BCUT2D eigenvalue weighted by Crippen LogP contribution is 2.31. The van der Waals surface area contributed by atoms with E-state index in [-0.39, 0.29) is 11.3 Å². The summed E-state index contributed by atoms with van der Waals surface area (Å²) in [4.78, 5) is 11.7. The number of aliphatic hydroxyl groups is 6. The zero-order valence-electron chi connectivity index (χ0n) is 18.4. The van der Waals surface area contributed by atoms with Crippen LogP contribution in [0.2, 0.25) is 0 Å². The van der Waals surface area contributed by atoms with E-state index in [1.165, 1.54) is 19.1 Å². The Kier molecular flexibility index (Phi) is 7.24. The largest absolute Gasteiger partial charge is 0.462 e. The summed E-state index contributed by atoms with van der Waals surface area (Å²) >= 11 is 0. The molecule has 2 aromatic rings. The molecule has 0 amide bonds. The molecule has 188 valence electrons. The summed E-state index contributed by atoms with van der Waals surface area (Å²) in [6.07, 6.45) is -14.3. The first-order valence-electron chi connectivity index (χ1n) is 10.8. The van der Waals surface area contributed by atoms with Gasteiger partial charge in [-0.15, -0.1) is 0 Å². The van der Waals surface area contributed by atoms with Crippen LogP contribution in [0.1, 0.15) is 12.5 Å². The molecule has 0 saturated carbocycles. The van der Waals surface area contributed by atoms with Crippen molar-refractivity contribution in [3.63, 3.8) is 0 Å². The van der Waals surface area contributed by atoms with E-state index in [1.54, 1.807) is 19.1 Å². The minimum Gasteiger partial charge on any atom is -0.462 e. The molecule has 12 heteroatoms. The topological polar surface area (TPSA) is 189 Å². The standard InChI is InChI=1S/C22H28O12/c1-8-5-14(24)32-12-6-10(3-4-11(8)12)31-22-19(29)20(16(26)13(7-23)33-22)34-21-18(28)17(27)15(25)9(2)30-21/h3-6,9,13,15-23,25-29H,7H2,1-2H3/t9-,13-,15+,16-,17-,18+,19+,20-,21-,22+/m0/s1. The minimum atomic E-state index is -1.67. The number of fused-ring (bicyclic) bond motifs is 1. The summed E-state index contributed by atoms with van der Waals surface area (Å²) in [5.41, 5.74) is 0.413. The molecule has 2 fully saturated rings. The molecule has 0 spiro atoms. The van der Waals surface area contributed by atoms with Crippen LogP contribution in [0.5, 0.6) is 5.75 Å². The molecule has 12 nitrogen and oxygen atoms in total. The van der Waals surface area contributed by atoms with E-state index in [9.17, 15) is 35.4 Å². The molecule has 2 saturated heterocycles. The number of ether oxygens (including phenoxy) is 4. The lowest BCUT2D eigenvalue weighted by molar-refractivity contribution is -0.349. The summed E-state index contributed by atoms with van der Waals surface area (Å²) in [5, 5.41) is 61.8. The lowest BCUT2D eigenvalue weighted by Gasteiger charge is -2.45. The Bertz CT molecular complexity index is 1060. The summed E-state index contributed by atoms with van der Waals surface area (Å²) in [6.45, 7) is 2.56. The molecule has 1 aromatic heterocycles. The molecule has 6 N–H and O–H groups in total. The van der Waals surface area contributed by atoms with Gasteiger partial charge in [-0.25, -0.2) is 4.79 Å². The van der Waals surface area contributed by atoms with E-state index in [2.05, 4.69) is 0 Å². The number of aliphatic hydroxyl groups excluding tert-OH is 6. The van der Waals surface area contributed by atoms with Crippen LogP contribution in [0.4, 0.5) is 0 Å². The van der Waals surface area contributed by atoms with E-state index in [1.807, 2.05) is 0 Å². The molecule has 10 atom stereocenters. The Morgan fingerprint density at radius 2 is 1.65 bits per heavy atom. The van der Waals surface area contributed by atoms with Gasteiger partial charge >= 0.3 is 5.63 Å². The molecule has 4 rings (SSSR count). The third-order valence-electron chi connectivity index (χ3n) is 6.10. The molecule has 3 heterocycles. The Hall–Kier alpha value is -2.13. The fourth-order valence-electron chi connectivity index (χ4n) is 4.10. The van der Waals surface area contributed by atoms with Gasteiger partial charge in [-0.05, 0) is 31.5 Å². The zero-order chi connectivity index (χ0) is 24.7. The molecular formula is C22H28O12. The highest BCUT2D eigenvalue weighted by Gasteiger charge is 2.50. The van der Waals surface area contributed by atoms with Crippen molar-refractivity contribution >= 4 is 11.0 Å². The zero-order valence-corrected chi connectivity index (χ0v) is 18.4. The van der Waals surface area contributed by atoms with Crippen LogP contribution in [0.25, 0.3) is 11.0 Å². The Balaban J connectivity index is 1.56. The minimum absolute atomic E-state index is 0.165. The summed E-state index contributed by atoms with van der Waals surface area (Å²) in [7, 11) is 0. The fourth-order valence-corrected chi connectivity index (χ4v) is 4.10. The molecule has 0 radical (unpaired) electrons. The first-order valence-corrected chi connectivity index (χ1v) is 10.8. The quantitative estimate of drug-likeness (QED) is 0.260. The molecular weight excluding hydrogens is 456 g/mol. The number of aryl methyl sites for hydroxylation is 1. The van der Waals surface area contributed by atoms with Crippen molar-refractivity contribution in [2.75, 3.05) is 6.61 Å². The van der Waals surface area contributed by atoms with Gasteiger partial charge in [-0.1, -0.05) is 0 Å². The van der Waals surface area contributed by atoms with Gasteiger partial charge in [-0.2, -0.15) is 0 Å². The van der Waals surface area contributed by atoms with Crippen LogP contribution in [0.15, 0.2) is 33.5 Å². The van der Waals surface area contributed by atoms with E-state index in [0.29, 0.717) is 10.9 Å². The summed E-state index contributed by atoms with van der Waals surface area (Å²) in [6, 6.07) is 6.01. The average Bonchev–Trinajstić information content (AvgIpc) is 2.79. The third kappa shape index (κ3) is 4.69. The first kappa shape index (κ1) is 25.0. The monoisotopic (exact) mass is 484 g/mol. The second-order valence-electron chi connectivity index (χ2n) is 8.51. The van der Waals surface area contributed by atoms with Gasteiger partial charge in [0.25, 0.3) is 0 Å². The molecule has 2 aliphatic heterocycles. The van der Waals surface area contributed by atoms with Crippen molar-refractivity contribution in [2.24, 2.45) is 0 Å². The van der Waals surface area contributed by atoms with Crippen molar-refractivity contribution < 1.29 is 54.0 Å². The Morgan fingerprint density at radius 1 is 0.912 bits per heavy atom. The summed E-state index contributed by atoms with van der Waals surface area (Å²) in [5.74, 6) is 0.165. The van der Waals surface area contributed by atoms with Crippen LogP contribution >= 0.6 is 0 Å². The van der Waals surface area contributed by atoms with Crippen molar-refractivity contribution in [1.82, 2.24) is 0 Å². The van der Waals surface area contributed by atoms with Crippen LogP contribution < -0.4 is 10.4 Å². The highest BCUT2D eigenvalue weighted by molar-refractivity contribution is 5.81. The van der Waals surface area contributed by atoms with Gasteiger partial charge in [0.15, 0.2) is 6.29 Å².